The molecule has 0 N–H and O–H groups in total. The van der Waals surface area contributed by atoms with Gasteiger partial charge < -0.3 is 0 Å². The van der Waals surface area contributed by atoms with E-state index in [4.69, 9.17) is 11.6 Å². The second-order valence-corrected chi connectivity index (χ2v) is 2.41. The van der Waals surface area contributed by atoms with Gasteiger partial charge in [0, 0.05) is 0 Å². The normalized spacial score (nSPS) is 9.44. The highest BCUT2D eigenvalue weighted by Crippen LogP contribution is 1.96. The van der Waals surface area contributed by atoms with Gasteiger partial charge in [-0.1, -0.05) is 0 Å². The summed E-state index contributed by atoms with van der Waals surface area (Å²) in [5.74, 6) is 0.500. The first-order chi connectivity index (χ1) is 4.29. The van der Waals surface area contributed by atoms with Crippen LogP contribution in [-0.2, 0) is 11.2 Å². The van der Waals surface area contributed by atoms with Crippen molar-refractivity contribution in [2.75, 3.05) is 0 Å². The van der Waals surface area contributed by atoms with Crippen LogP contribution in [0.5, 0.6) is 0 Å². The first-order valence-corrected chi connectivity index (χ1v) is 3.44. The van der Waals surface area contributed by atoms with E-state index in [0.717, 1.165) is 0 Å². The molecule has 0 spiro atoms. The van der Waals surface area contributed by atoms with E-state index in [9.17, 15) is 4.79 Å². The molecule has 0 unspecified atom stereocenters. The van der Waals surface area contributed by atoms with Crippen LogP contribution in [0, 0.1) is 0 Å². The van der Waals surface area contributed by atoms with Gasteiger partial charge in [0.1, 0.15) is 5.51 Å². The van der Waals surface area contributed by atoms with E-state index < -0.39 is 5.24 Å². The predicted molar refractivity (Wildman–Crippen MR) is 34.5 cm³/mol. The molecule has 0 amide bonds. The van der Waals surface area contributed by atoms with E-state index in [1.807, 2.05) is 0 Å². The largest absolute Gasteiger partial charge is 0.281 e. The molecule has 1 rings (SSSR count). The van der Waals surface area contributed by atoms with Gasteiger partial charge in [0.25, 0.3) is 0 Å². The third-order valence-corrected chi connectivity index (χ3v) is 1.35. The average molecular weight is 163 g/mol. The van der Waals surface area contributed by atoms with Crippen molar-refractivity contribution in [1.29, 1.82) is 0 Å². The van der Waals surface area contributed by atoms with Gasteiger partial charge in [-0.2, -0.15) is 4.37 Å². The van der Waals surface area contributed by atoms with Gasteiger partial charge in [0.2, 0.25) is 5.24 Å². The third kappa shape index (κ3) is 2.07. The number of carbonyl (C=O) groups excluding carboxylic acids is 1. The Kier molecular flexibility index (Phi) is 2.13. The Morgan fingerprint density at radius 3 is 3.11 bits per heavy atom. The van der Waals surface area contributed by atoms with Crippen molar-refractivity contribution in [3.63, 3.8) is 0 Å². The van der Waals surface area contributed by atoms with E-state index in [0.29, 0.717) is 5.82 Å². The summed E-state index contributed by atoms with van der Waals surface area (Å²) in [5, 5.41) is -0.423. The molecular formula is C4H3ClN2OS. The van der Waals surface area contributed by atoms with Crippen LogP contribution in [0.1, 0.15) is 5.82 Å². The maximum atomic E-state index is 10.2. The Hall–Kier alpha value is -0.480. The predicted octanol–water partition coefficient (Wildman–Crippen LogP) is 0.846. The number of rotatable bonds is 2. The zero-order valence-corrected chi connectivity index (χ0v) is 5.95. The van der Waals surface area contributed by atoms with Gasteiger partial charge in [-0.3, -0.25) is 4.79 Å². The lowest BCUT2D eigenvalue weighted by atomic mass is 10.5. The maximum Gasteiger partial charge on any atom is 0.229 e. The number of halogens is 1. The molecule has 0 bridgehead atoms. The van der Waals surface area contributed by atoms with Crippen molar-refractivity contribution in [3.05, 3.63) is 11.3 Å². The Bertz CT molecular complexity index is 198. The zero-order valence-electron chi connectivity index (χ0n) is 4.37. The molecule has 0 saturated heterocycles. The molecule has 0 radical (unpaired) electrons. The molecule has 0 aromatic carbocycles. The topological polar surface area (TPSA) is 42.9 Å². The fourth-order valence-corrected chi connectivity index (χ4v) is 0.963. The van der Waals surface area contributed by atoms with E-state index in [2.05, 4.69) is 9.36 Å². The van der Waals surface area contributed by atoms with Gasteiger partial charge in [0.15, 0.2) is 5.82 Å². The molecule has 0 aliphatic carbocycles. The summed E-state index contributed by atoms with van der Waals surface area (Å²) >= 11 is 6.26. The van der Waals surface area contributed by atoms with Gasteiger partial charge >= 0.3 is 0 Å². The number of nitrogens with zero attached hydrogens (tertiary/aromatic N) is 2. The molecule has 48 valence electrons. The number of carbonyl (C=O) groups is 1. The van der Waals surface area contributed by atoms with Crippen LogP contribution in [-0.4, -0.2) is 14.6 Å². The summed E-state index contributed by atoms with van der Waals surface area (Å²) in [4.78, 5) is 14.0. The molecule has 0 aliphatic rings. The number of aromatic nitrogens is 2. The molecule has 0 aliphatic heterocycles. The number of hydrogen-bond donors (Lipinski definition) is 0. The van der Waals surface area contributed by atoms with Crippen LogP contribution in [0.4, 0.5) is 0 Å². The number of hydrogen-bond acceptors (Lipinski definition) is 4. The van der Waals surface area contributed by atoms with E-state index in [-0.39, 0.29) is 6.42 Å². The van der Waals surface area contributed by atoms with Crippen molar-refractivity contribution in [2.24, 2.45) is 0 Å². The SMILES string of the molecule is O=C(Cl)Cc1ncsn1. The minimum atomic E-state index is -0.423. The van der Waals surface area contributed by atoms with Crippen molar-refractivity contribution in [1.82, 2.24) is 9.36 Å². The van der Waals surface area contributed by atoms with Crippen molar-refractivity contribution in [2.45, 2.75) is 6.42 Å². The summed E-state index contributed by atoms with van der Waals surface area (Å²) in [5.41, 5.74) is 1.56. The lowest BCUT2D eigenvalue weighted by Gasteiger charge is -1.81. The van der Waals surface area contributed by atoms with E-state index in [1.165, 1.54) is 11.5 Å². The average Bonchev–Trinajstić information content (AvgIpc) is 2.15. The minimum Gasteiger partial charge on any atom is -0.281 e. The molecule has 5 heteroatoms. The minimum absolute atomic E-state index is 0.130. The van der Waals surface area contributed by atoms with Crippen LogP contribution in [0.25, 0.3) is 0 Å². The fraction of sp³-hybridized carbons (Fsp3) is 0.250. The molecule has 1 aromatic rings. The molecule has 0 atom stereocenters. The summed E-state index contributed by atoms with van der Waals surface area (Å²) in [6, 6.07) is 0. The van der Waals surface area contributed by atoms with Crippen LogP contribution >= 0.6 is 23.1 Å². The van der Waals surface area contributed by atoms with Crippen LogP contribution < -0.4 is 0 Å². The standard InChI is InChI=1S/C4H3ClN2OS/c5-3(8)1-4-6-2-9-7-4/h2H,1H2. The fourth-order valence-electron chi connectivity index (χ4n) is 0.395. The third-order valence-electron chi connectivity index (χ3n) is 0.704. The van der Waals surface area contributed by atoms with Gasteiger partial charge in [-0.15, -0.1) is 0 Å². The molecule has 1 aromatic heterocycles. The highest BCUT2D eigenvalue weighted by Gasteiger charge is 2.00. The van der Waals surface area contributed by atoms with Crippen LogP contribution in [0.15, 0.2) is 5.51 Å². The Morgan fingerprint density at radius 2 is 2.67 bits per heavy atom. The molecule has 0 fully saturated rings. The monoisotopic (exact) mass is 162 g/mol. The molecular weight excluding hydrogens is 160 g/mol. The van der Waals surface area contributed by atoms with Gasteiger partial charge in [-0.25, -0.2) is 4.98 Å². The lowest BCUT2D eigenvalue weighted by Crippen LogP contribution is -1.94. The first kappa shape index (κ1) is 6.64. The highest BCUT2D eigenvalue weighted by molar-refractivity contribution is 7.03. The molecule has 1 heterocycles. The van der Waals surface area contributed by atoms with Crippen molar-refractivity contribution in [3.8, 4) is 0 Å². The second-order valence-electron chi connectivity index (χ2n) is 1.38. The maximum absolute atomic E-state index is 10.2. The second kappa shape index (κ2) is 2.89. The smallest absolute Gasteiger partial charge is 0.229 e. The summed E-state index contributed by atoms with van der Waals surface area (Å²) in [7, 11) is 0. The van der Waals surface area contributed by atoms with Gasteiger partial charge in [0.05, 0.1) is 6.42 Å². The Morgan fingerprint density at radius 1 is 1.89 bits per heavy atom. The van der Waals surface area contributed by atoms with E-state index >= 15 is 0 Å². The summed E-state index contributed by atoms with van der Waals surface area (Å²) in [6.45, 7) is 0. The quantitative estimate of drug-likeness (QED) is 0.606. The first-order valence-electron chi connectivity index (χ1n) is 2.22. The summed E-state index contributed by atoms with van der Waals surface area (Å²) in [6.07, 6.45) is 0.130. The lowest BCUT2D eigenvalue weighted by molar-refractivity contribution is -0.111. The molecule has 0 saturated carbocycles. The highest BCUT2D eigenvalue weighted by atomic mass is 35.5. The molecule has 9 heavy (non-hydrogen) atoms. The zero-order chi connectivity index (χ0) is 6.69. The van der Waals surface area contributed by atoms with Crippen LogP contribution in [0.3, 0.4) is 0 Å². The molecule has 3 nitrogen and oxygen atoms in total. The Labute approximate surface area is 60.8 Å². The van der Waals surface area contributed by atoms with Crippen molar-refractivity contribution >= 4 is 28.4 Å². The van der Waals surface area contributed by atoms with Crippen LogP contribution in [0.2, 0.25) is 0 Å². The Balaban J connectivity index is 2.58. The van der Waals surface area contributed by atoms with Gasteiger partial charge in [-0.05, 0) is 23.1 Å². The van der Waals surface area contributed by atoms with E-state index in [1.54, 1.807) is 5.51 Å². The van der Waals surface area contributed by atoms with Crippen molar-refractivity contribution < 1.29 is 4.79 Å². The summed E-state index contributed by atoms with van der Waals surface area (Å²) < 4.78 is 3.78.